The average Bonchev–Trinajstić information content (AvgIpc) is 3.21. The predicted octanol–water partition coefficient (Wildman–Crippen LogP) is 4.36. The number of hydrogen-bond acceptors (Lipinski definition) is 4. The summed E-state index contributed by atoms with van der Waals surface area (Å²) in [4.78, 5) is 54.7. The minimum Gasteiger partial charge on any atom is -0.477 e. The molecule has 2 aromatic rings. The molecule has 2 amide bonds. The number of hydrogen-bond donors (Lipinski definition) is 2. The number of quaternary nitrogens is 1. The van der Waals surface area contributed by atoms with E-state index in [2.05, 4.69) is 0 Å². The van der Waals surface area contributed by atoms with Gasteiger partial charge in [-0.2, -0.15) is 4.79 Å². The highest BCUT2D eigenvalue weighted by molar-refractivity contribution is 5.83. The average molecular weight is 527 g/mol. The van der Waals surface area contributed by atoms with Gasteiger partial charge in [0.1, 0.15) is 12.1 Å². The van der Waals surface area contributed by atoms with E-state index in [1.165, 1.54) is 6.92 Å². The van der Waals surface area contributed by atoms with Crippen LogP contribution in [0.2, 0.25) is 0 Å². The Labute approximate surface area is 223 Å². The molecule has 0 radical (unpaired) electrons. The van der Waals surface area contributed by atoms with Gasteiger partial charge in [-0.3, -0.25) is 9.59 Å². The zero-order valence-corrected chi connectivity index (χ0v) is 23.1. The zero-order valence-electron chi connectivity index (χ0n) is 23.1. The fourth-order valence-electron chi connectivity index (χ4n) is 7.00. The Morgan fingerprint density at radius 2 is 1.74 bits per heavy atom. The van der Waals surface area contributed by atoms with Crippen LogP contribution in [0.25, 0.3) is 10.9 Å². The first kappa shape index (κ1) is 27.8. The molecule has 1 saturated heterocycles. The van der Waals surface area contributed by atoms with Gasteiger partial charge in [-0.15, -0.1) is 0 Å². The summed E-state index contributed by atoms with van der Waals surface area (Å²) in [6, 6.07) is 8.67. The number of carbonyl (C=O) groups excluding carboxylic acids is 1. The number of fused-ring (bicyclic) bond motifs is 1. The van der Waals surface area contributed by atoms with E-state index in [1.807, 2.05) is 24.3 Å². The Hall–Kier alpha value is -3.20. The van der Waals surface area contributed by atoms with Gasteiger partial charge in [0.15, 0.2) is 0 Å². The van der Waals surface area contributed by atoms with Crippen LogP contribution in [0.1, 0.15) is 71.8 Å². The van der Waals surface area contributed by atoms with Gasteiger partial charge in [-0.1, -0.05) is 37.5 Å². The van der Waals surface area contributed by atoms with E-state index in [4.69, 9.17) is 0 Å². The molecular weight excluding hydrogens is 486 g/mol. The van der Waals surface area contributed by atoms with E-state index >= 15 is 0 Å². The van der Waals surface area contributed by atoms with E-state index in [9.17, 15) is 29.4 Å². The summed E-state index contributed by atoms with van der Waals surface area (Å²) in [5.74, 6) is -1.54. The summed E-state index contributed by atoms with van der Waals surface area (Å²) in [5.41, 5.74) is -1.62. The summed E-state index contributed by atoms with van der Waals surface area (Å²) in [7, 11) is 1.70. The van der Waals surface area contributed by atoms with Crippen molar-refractivity contribution in [1.82, 2.24) is 9.47 Å². The highest BCUT2D eigenvalue weighted by Crippen LogP contribution is 2.47. The number of carboxylic acid groups (broad SMARTS) is 2. The summed E-state index contributed by atoms with van der Waals surface area (Å²) in [5, 5.41) is 21.7. The molecule has 0 bridgehead atoms. The molecule has 3 atom stereocenters. The van der Waals surface area contributed by atoms with E-state index in [0.29, 0.717) is 5.56 Å². The van der Waals surface area contributed by atoms with Crippen molar-refractivity contribution in [3.63, 3.8) is 0 Å². The lowest BCUT2D eigenvalue weighted by Crippen LogP contribution is -2.73. The lowest BCUT2D eigenvalue weighted by molar-refractivity contribution is -0.929. The smallest absolute Gasteiger partial charge is 0.477 e. The second-order valence-corrected chi connectivity index (χ2v) is 12.3. The largest absolute Gasteiger partial charge is 0.514 e. The number of benzene rings is 1. The quantitative estimate of drug-likeness (QED) is 0.559. The molecule has 1 aliphatic carbocycles. The molecule has 1 aromatic carbocycles. The van der Waals surface area contributed by atoms with Crippen LogP contribution in [0.5, 0.6) is 0 Å². The van der Waals surface area contributed by atoms with Gasteiger partial charge < -0.3 is 19.7 Å². The molecule has 1 aromatic heterocycles. The first-order valence-electron chi connectivity index (χ1n) is 13.5. The van der Waals surface area contributed by atoms with Crippen LogP contribution >= 0.6 is 0 Å². The normalized spacial score (nSPS) is 26.4. The monoisotopic (exact) mass is 526 g/mol. The number of carboxylic acids is 1. The Bertz CT molecular complexity index is 1320. The number of carbonyl (C=O) groups is 3. The summed E-state index contributed by atoms with van der Waals surface area (Å²) >= 11 is 0. The third kappa shape index (κ3) is 4.30. The molecule has 206 valence electrons. The standard InChI is InChI=1S/C29H39N3O6/c1-28(2,3)32(27(37)38)18-22(16-29(32,4)26(35)36)31(25(34)19-11-7-6-8-12-19)17-21-15-20-13-9-10-14-23(20)30(5)24(21)33/h9-10,13-15,19,22H,6-8,11-12,16-18H2,1-5H3,(H-,35,36,37,38)/p+1/t22-,29-,32?/m0/s1. The van der Waals surface area contributed by atoms with Crippen molar-refractivity contribution in [2.45, 2.75) is 89.9 Å². The summed E-state index contributed by atoms with van der Waals surface area (Å²) < 4.78 is 0.862. The topological polar surface area (TPSA) is 117 Å². The second-order valence-electron chi connectivity index (χ2n) is 12.3. The van der Waals surface area contributed by atoms with Crippen molar-refractivity contribution >= 4 is 28.9 Å². The van der Waals surface area contributed by atoms with Gasteiger partial charge in [-0.05, 0) is 51.1 Å². The van der Waals surface area contributed by atoms with Crippen molar-refractivity contribution in [2.24, 2.45) is 13.0 Å². The number of rotatable bonds is 5. The van der Waals surface area contributed by atoms with Crippen molar-refractivity contribution in [1.29, 1.82) is 0 Å². The van der Waals surface area contributed by atoms with Crippen LogP contribution in [-0.2, 0) is 23.2 Å². The number of pyridine rings is 1. The predicted molar refractivity (Wildman–Crippen MR) is 144 cm³/mol. The molecule has 0 spiro atoms. The van der Waals surface area contributed by atoms with Gasteiger partial charge in [0, 0.05) is 31.9 Å². The molecule has 2 heterocycles. The highest BCUT2D eigenvalue weighted by atomic mass is 16.4. The number of nitrogens with zero attached hydrogens (tertiary/aromatic N) is 3. The van der Waals surface area contributed by atoms with E-state index in [0.717, 1.165) is 43.0 Å². The maximum atomic E-state index is 14.1. The van der Waals surface area contributed by atoms with Gasteiger partial charge in [-0.25, -0.2) is 9.28 Å². The van der Waals surface area contributed by atoms with Crippen molar-refractivity contribution in [3.8, 4) is 0 Å². The van der Waals surface area contributed by atoms with Crippen LogP contribution in [0, 0.1) is 5.92 Å². The minimum atomic E-state index is -1.66. The Morgan fingerprint density at radius 3 is 2.29 bits per heavy atom. The van der Waals surface area contributed by atoms with Crippen LogP contribution in [0.4, 0.5) is 4.79 Å². The number of aryl methyl sites for hydroxylation is 1. The van der Waals surface area contributed by atoms with Gasteiger partial charge in [0.05, 0.1) is 18.1 Å². The third-order valence-electron chi connectivity index (χ3n) is 9.12. The number of aliphatic carboxylic acids is 1. The molecule has 2 fully saturated rings. The number of likely N-dealkylation sites (tertiary alicyclic amines) is 1. The fraction of sp³-hybridized carbons (Fsp3) is 0.586. The fourth-order valence-corrected chi connectivity index (χ4v) is 7.00. The SMILES string of the molecule is Cn1c(=O)c(CN(C(=O)C2CCCCC2)[C@H]2C[C@@](C)(C(=O)O)[N+](C(=O)O)(C(C)(C)C)C2)cc2ccccc21. The molecule has 38 heavy (non-hydrogen) atoms. The first-order chi connectivity index (χ1) is 17.7. The van der Waals surface area contributed by atoms with Gasteiger partial charge >= 0.3 is 12.1 Å². The van der Waals surface area contributed by atoms with Crippen LogP contribution in [0.3, 0.4) is 0 Å². The summed E-state index contributed by atoms with van der Waals surface area (Å²) in [6.07, 6.45) is 3.19. The van der Waals surface area contributed by atoms with E-state index in [-0.39, 0.29) is 36.9 Å². The van der Waals surface area contributed by atoms with Crippen molar-refractivity contribution in [3.05, 3.63) is 46.2 Å². The lowest BCUT2D eigenvalue weighted by atomic mass is 9.87. The summed E-state index contributed by atoms with van der Waals surface area (Å²) in [6.45, 7) is 6.64. The molecule has 1 unspecified atom stereocenters. The van der Waals surface area contributed by atoms with Crippen LogP contribution < -0.4 is 5.56 Å². The van der Waals surface area contributed by atoms with Gasteiger partial charge in [0.25, 0.3) is 5.56 Å². The molecule has 1 aliphatic heterocycles. The third-order valence-corrected chi connectivity index (χ3v) is 9.12. The number of para-hydroxylation sites is 1. The second kappa shape index (κ2) is 9.84. The molecule has 2 N–H and O–H groups in total. The highest BCUT2D eigenvalue weighted by Gasteiger charge is 2.71. The molecule has 9 nitrogen and oxygen atoms in total. The first-order valence-corrected chi connectivity index (χ1v) is 13.5. The molecule has 2 aliphatic rings. The Morgan fingerprint density at radius 1 is 1.11 bits per heavy atom. The number of aromatic nitrogens is 1. The maximum Gasteiger partial charge on any atom is 0.514 e. The molecule has 9 heteroatoms. The van der Waals surface area contributed by atoms with Crippen molar-refractivity contribution in [2.75, 3.05) is 6.54 Å². The van der Waals surface area contributed by atoms with Crippen LogP contribution in [0.15, 0.2) is 35.1 Å². The van der Waals surface area contributed by atoms with E-state index in [1.54, 1.807) is 43.4 Å². The number of amides is 2. The van der Waals surface area contributed by atoms with Crippen molar-refractivity contribution < 1.29 is 29.1 Å². The van der Waals surface area contributed by atoms with Gasteiger partial charge in [0.2, 0.25) is 11.4 Å². The zero-order chi connectivity index (χ0) is 28.0. The minimum absolute atomic E-state index is 0.0109. The Kier molecular flexibility index (Phi) is 7.20. The molecular formula is C29H40N3O6+. The lowest BCUT2D eigenvalue weighted by Gasteiger charge is -2.48. The molecule has 4 rings (SSSR count). The Balaban J connectivity index is 1.84. The maximum absolute atomic E-state index is 14.1. The molecule has 1 saturated carbocycles. The van der Waals surface area contributed by atoms with Crippen LogP contribution in [-0.4, -0.2) is 65.8 Å². The van der Waals surface area contributed by atoms with E-state index < -0.39 is 33.7 Å².